The zero-order valence-corrected chi connectivity index (χ0v) is 9.39. The van der Waals surface area contributed by atoms with Gasteiger partial charge in [0, 0.05) is 0 Å². The molecule has 0 fully saturated rings. The Labute approximate surface area is 99.6 Å². The maximum atomic E-state index is 5.10. The molecule has 2 nitrogen and oxygen atoms in total. The van der Waals surface area contributed by atoms with E-state index in [1.54, 1.807) is 0 Å². The summed E-state index contributed by atoms with van der Waals surface area (Å²) in [5.41, 5.74) is 1.09. The molecule has 17 heavy (non-hydrogen) atoms. The SMILES string of the molecule is NOCc1ccc2c(ccc3ccccc32)c1. The van der Waals surface area contributed by atoms with Crippen molar-refractivity contribution in [3.63, 3.8) is 0 Å². The molecule has 3 rings (SSSR count). The number of benzene rings is 3. The van der Waals surface area contributed by atoms with Crippen molar-refractivity contribution in [3.8, 4) is 0 Å². The maximum absolute atomic E-state index is 5.10. The second kappa shape index (κ2) is 4.17. The summed E-state index contributed by atoms with van der Waals surface area (Å²) >= 11 is 0. The third-order valence-corrected chi connectivity index (χ3v) is 3.06. The number of rotatable bonds is 2. The summed E-state index contributed by atoms with van der Waals surface area (Å²) in [5, 5.41) is 5.04. The van der Waals surface area contributed by atoms with Gasteiger partial charge in [-0.15, -0.1) is 0 Å². The van der Waals surface area contributed by atoms with Gasteiger partial charge in [-0.05, 0) is 33.2 Å². The van der Waals surface area contributed by atoms with Gasteiger partial charge in [-0.25, -0.2) is 5.90 Å². The largest absolute Gasteiger partial charge is 0.300 e. The number of hydrogen-bond acceptors (Lipinski definition) is 2. The Bertz CT molecular complexity index is 676. The standard InChI is InChI=1S/C15H13NO/c16-17-10-11-5-8-15-13(9-11)7-6-12-3-1-2-4-14(12)15/h1-9H,10,16H2. The minimum atomic E-state index is 0.447. The van der Waals surface area contributed by atoms with Crippen molar-refractivity contribution in [2.45, 2.75) is 6.61 Å². The lowest BCUT2D eigenvalue weighted by Gasteiger charge is -2.06. The Morgan fingerprint density at radius 3 is 2.47 bits per heavy atom. The molecule has 0 aromatic heterocycles. The van der Waals surface area contributed by atoms with Gasteiger partial charge in [0.2, 0.25) is 0 Å². The van der Waals surface area contributed by atoms with Crippen molar-refractivity contribution in [1.82, 2.24) is 0 Å². The first-order valence-corrected chi connectivity index (χ1v) is 5.60. The highest BCUT2D eigenvalue weighted by Crippen LogP contribution is 2.26. The van der Waals surface area contributed by atoms with Gasteiger partial charge in [-0.1, -0.05) is 48.5 Å². The van der Waals surface area contributed by atoms with Crippen LogP contribution in [0.25, 0.3) is 21.5 Å². The van der Waals surface area contributed by atoms with Gasteiger partial charge in [0.25, 0.3) is 0 Å². The van der Waals surface area contributed by atoms with Crippen LogP contribution in [0.1, 0.15) is 5.56 Å². The topological polar surface area (TPSA) is 35.2 Å². The van der Waals surface area contributed by atoms with Crippen molar-refractivity contribution in [3.05, 3.63) is 60.2 Å². The third-order valence-electron chi connectivity index (χ3n) is 3.06. The van der Waals surface area contributed by atoms with E-state index in [1.807, 2.05) is 0 Å². The molecule has 3 aromatic rings. The molecule has 0 atom stereocenters. The molecular weight excluding hydrogens is 210 g/mol. The van der Waals surface area contributed by atoms with Gasteiger partial charge in [-0.2, -0.15) is 0 Å². The van der Waals surface area contributed by atoms with Gasteiger partial charge >= 0.3 is 0 Å². The molecule has 0 bridgehead atoms. The van der Waals surface area contributed by atoms with E-state index in [1.165, 1.54) is 21.5 Å². The summed E-state index contributed by atoms with van der Waals surface area (Å²) in [4.78, 5) is 4.66. The number of nitrogens with two attached hydrogens (primary N) is 1. The highest BCUT2D eigenvalue weighted by Gasteiger charge is 2.01. The maximum Gasteiger partial charge on any atom is 0.0930 e. The van der Waals surface area contributed by atoms with Gasteiger partial charge in [0.1, 0.15) is 0 Å². The summed E-state index contributed by atoms with van der Waals surface area (Å²) < 4.78 is 0. The Hall–Kier alpha value is -1.90. The van der Waals surface area contributed by atoms with Gasteiger partial charge in [-0.3, -0.25) is 4.84 Å². The normalized spacial score (nSPS) is 11.1. The zero-order chi connectivity index (χ0) is 11.7. The molecular formula is C15H13NO. The first kappa shape index (κ1) is 10.3. The predicted octanol–water partition coefficient (Wildman–Crippen LogP) is 3.38. The van der Waals surface area contributed by atoms with Crippen molar-refractivity contribution in [2.24, 2.45) is 5.90 Å². The van der Waals surface area contributed by atoms with Crippen LogP contribution in [0.3, 0.4) is 0 Å². The van der Waals surface area contributed by atoms with E-state index in [-0.39, 0.29) is 0 Å². The van der Waals surface area contributed by atoms with E-state index >= 15 is 0 Å². The number of fused-ring (bicyclic) bond motifs is 3. The van der Waals surface area contributed by atoms with Crippen molar-refractivity contribution >= 4 is 21.5 Å². The molecule has 0 unspecified atom stereocenters. The molecule has 3 aromatic carbocycles. The van der Waals surface area contributed by atoms with Crippen LogP contribution in [-0.4, -0.2) is 0 Å². The summed E-state index contributed by atoms with van der Waals surface area (Å²) in [6, 6.07) is 19.0. The zero-order valence-electron chi connectivity index (χ0n) is 9.39. The van der Waals surface area contributed by atoms with E-state index < -0.39 is 0 Å². The molecule has 0 aliphatic carbocycles. The van der Waals surface area contributed by atoms with Crippen LogP contribution >= 0.6 is 0 Å². The molecule has 0 amide bonds. The quantitative estimate of drug-likeness (QED) is 0.534. The molecule has 2 N–H and O–H groups in total. The molecule has 0 aliphatic rings. The van der Waals surface area contributed by atoms with Gasteiger partial charge < -0.3 is 0 Å². The lowest BCUT2D eigenvalue weighted by atomic mass is 10.0. The minimum Gasteiger partial charge on any atom is -0.300 e. The van der Waals surface area contributed by atoms with Crippen molar-refractivity contribution in [1.29, 1.82) is 0 Å². The molecule has 0 heterocycles. The average molecular weight is 223 g/mol. The predicted molar refractivity (Wildman–Crippen MR) is 70.4 cm³/mol. The van der Waals surface area contributed by atoms with Crippen LogP contribution in [0.4, 0.5) is 0 Å². The second-order valence-electron chi connectivity index (χ2n) is 4.15. The van der Waals surface area contributed by atoms with Crippen LogP contribution in [0, 0.1) is 0 Å². The fraction of sp³-hybridized carbons (Fsp3) is 0.0667. The average Bonchev–Trinajstić information content (AvgIpc) is 2.39. The Balaban J connectivity index is 2.29. The first-order chi connectivity index (χ1) is 8.38. The van der Waals surface area contributed by atoms with Crippen LogP contribution in [-0.2, 0) is 11.4 Å². The summed E-state index contributed by atoms with van der Waals surface area (Å²) in [5.74, 6) is 5.10. The van der Waals surface area contributed by atoms with E-state index in [4.69, 9.17) is 5.90 Å². The van der Waals surface area contributed by atoms with Crippen LogP contribution in [0.5, 0.6) is 0 Å². The lowest BCUT2D eigenvalue weighted by Crippen LogP contribution is -1.98. The Kier molecular flexibility index (Phi) is 2.52. The summed E-state index contributed by atoms with van der Waals surface area (Å²) in [6.07, 6.45) is 0. The Morgan fingerprint density at radius 1 is 0.824 bits per heavy atom. The fourth-order valence-electron chi connectivity index (χ4n) is 2.25. The first-order valence-electron chi connectivity index (χ1n) is 5.60. The van der Waals surface area contributed by atoms with Crippen LogP contribution in [0.15, 0.2) is 54.6 Å². The van der Waals surface area contributed by atoms with Gasteiger partial charge in [0.15, 0.2) is 0 Å². The molecule has 0 aliphatic heterocycles. The highest BCUT2D eigenvalue weighted by atomic mass is 16.6. The van der Waals surface area contributed by atoms with Crippen molar-refractivity contribution in [2.75, 3.05) is 0 Å². The monoisotopic (exact) mass is 223 g/mol. The summed E-state index contributed by atoms with van der Waals surface area (Å²) in [7, 11) is 0. The van der Waals surface area contributed by atoms with E-state index in [0.29, 0.717) is 6.61 Å². The lowest BCUT2D eigenvalue weighted by molar-refractivity contribution is 0.124. The fourth-order valence-corrected chi connectivity index (χ4v) is 2.25. The Morgan fingerprint density at radius 2 is 1.59 bits per heavy atom. The van der Waals surface area contributed by atoms with Crippen molar-refractivity contribution < 1.29 is 4.84 Å². The number of hydrogen-bond donors (Lipinski definition) is 1. The van der Waals surface area contributed by atoms with E-state index in [9.17, 15) is 0 Å². The third kappa shape index (κ3) is 1.78. The van der Waals surface area contributed by atoms with Crippen LogP contribution < -0.4 is 5.90 Å². The highest BCUT2D eigenvalue weighted by molar-refractivity contribution is 6.07. The molecule has 0 spiro atoms. The summed E-state index contributed by atoms with van der Waals surface area (Å²) in [6.45, 7) is 0.447. The van der Waals surface area contributed by atoms with E-state index in [0.717, 1.165) is 5.56 Å². The smallest absolute Gasteiger partial charge is 0.0930 e. The molecule has 0 saturated carbocycles. The molecule has 0 saturated heterocycles. The minimum absolute atomic E-state index is 0.447. The van der Waals surface area contributed by atoms with Gasteiger partial charge in [0.05, 0.1) is 6.61 Å². The molecule has 0 radical (unpaired) electrons. The second-order valence-corrected chi connectivity index (χ2v) is 4.15. The molecule has 84 valence electrons. The van der Waals surface area contributed by atoms with E-state index in [2.05, 4.69) is 59.4 Å². The molecule has 2 heteroatoms. The van der Waals surface area contributed by atoms with Crippen LogP contribution in [0.2, 0.25) is 0 Å².